The summed E-state index contributed by atoms with van der Waals surface area (Å²) in [4.78, 5) is 26.0. The van der Waals surface area contributed by atoms with Gasteiger partial charge < -0.3 is 9.80 Å². The summed E-state index contributed by atoms with van der Waals surface area (Å²) in [5.41, 5.74) is 0. The third kappa shape index (κ3) is 5.41. The van der Waals surface area contributed by atoms with Crippen molar-refractivity contribution in [1.82, 2.24) is 9.80 Å². The Morgan fingerprint density at radius 1 is 0.833 bits per heavy atom. The van der Waals surface area contributed by atoms with Crippen LogP contribution in [0, 0.1) is 24.7 Å². The van der Waals surface area contributed by atoms with E-state index < -0.39 is 0 Å². The van der Waals surface area contributed by atoms with Crippen molar-refractivity contribution >= 4 is 11.8 Å². The lowest BCUT2D eigenvalue weighted by Gasteiger charge is -2.25. The van der Waals surface area contributed by atoms with E-state index in [-0.39, 0.29) is 11.8 Å². The molecule has 98 valence electrons. The number of carbonyl (C=O) groups is 2. The highest BCUT2D eigenvalue weighted by molar-refractivity contribution is 5.93. The second-order valence-electron chi connectivity index (χ2n) is 3.87. The Hall–Kier alpha value is -1.94. The van der Waals surface area contributed by atoms with Crippen LogP contribution in [0.5, 0.6) is 0 Å². The molecule has 0 spiro atoms. The normalized spacial score (nSPS) is 9.11. The molecule has 4 heteroatoms. The molecule has 0 N–H and O–H groups in total. The average molecular weight is 248 g/mol. The summed E-state index contributed by atoms with van der Waals surface area (Å²) in [7, 11) is 0. The molecule has 0 saturated carbocycles. The average Bonchev–Trinajstić information content (AvgIpc) is 2.40. The van der Waals surface area contributed by atoms with Crippen molar-refractivity contribution < 1.29 is 9.59 Å². The molecular formula is C14H20N2O2. The maximum atomic E-state index is 11.5. The Labute approximate surface area is 109 Å². The van der Waals surface area contributed by atoms with Gasteiger partial charge in [0.05, 0.1) is 0 Å². The molecule has 0 aromatic rings. The van der Waals surface area contributed by atoms with E-state index in [4.69, 9.17) is 12.8 Å². The molecule has 0 atom stereocenters. The molecule has 0 aromatic heterocycles. The standard InChI is InChI=1S/C14H20N2O2/c1-5-9-15(13(17)7-3)11-12-16(10-6-2)14(18)8-4/h3-4H,5-6,9-12H2,1-2H3. The molecule has 0 aliphatic heterocycles. The third-order valence-electron chi connectivity index (χ3n) is 2.45. The predicted octanol–water partition coefficient (Wildman–Crippen LogP) is 0.730. The van der Waals surface area contributed by atoms with Crippen LogP contribution in [0.25, 0.3) is 0 Å². The van der Waals surface area contributed by atoms with E-state index in [0.717, 1.165) is 12.8 Å². The fourth-order valence-corrected chi connectivity index (χ4v) is 1.59. The zero-order valence-corrected chi connectivity index (χ0v) is 11.1. The second-order valence-corrected chi connectivity index (χ2v) is 3.87. The minimum atomic E-state index is -0.346. The SMILES string of the molecule is C#CC(=O)N(CCC)CCN(CCC)C(=O)C#C. The fraction of sp³-hybridized carbons (Fsp3) is 0.571. The lowest BCUT2D eigenvalue weighted by molar-refractivity contribution is -0.129. The molecule has 0 aromatic carbocycles. The molecule has 0 bridgehead atoms. The minimum absolute atomic E-state index is 0.346. The molecule has 18 heavy (non-hydrogen) atoms. The first-order chi connectivity index (χ1) is 8.60. The zero-order chi connectivity index (χ0) is 14.0. The number of terminal acetylenes is 2. The van der Waals surface area contributed by atoms with Gasteiger partial charge in [0.15, 0.2) is 0 Å². The van der Waals surface area contributed by atoms with Gasteiger partial charge in [-0.05, 0) is 24.7 Å². The van der Waals surface area contributed by atoms with Crippen molar-refractivity contribution in [1.29, 1.82) is 0 Å². The molecule has 0 aliphatic rings. The molecular weight excluding hydrogens is 228 g/mol. The smallest absolute Gasteiger partial charge is 0.298 e. The molecule has 0 aliphatic carbocycles. The first-order valence-electron chi connectivity index (χ1n) is 6.11. The number of rotatable bonds is 7. The van der Waals surface area contributed by atoms with Crippen LogP contribution in [0.4, 0.5) is 0 Å². The highest BCUT2D eigenvalue weighted by Gasteiger charge is 2.14. The number of carbonyl (C=O) groups excluding carboxylic acids is 2. The number of hydrogen-bond donors (Lipinski definition) is 0. The van der Waals surface area contributed by atoms with Crippen LogP contribution in [0.15, 0.2) is 0 Å². The van der Waals surface area contributed by atoms with E-state index in [2.05, 4.69) is 11.8 Å². The molecule has 0 heterocycles. The Morgan fingerprint density at radius 3 is 1.39 bits per heavy atom. The zero-order valence-electron chi connectivity index (χ0n) is 11.1. The van der Waals surface area contributed by atoms with Gasteiger partial charge in [-0.25, -0.2) is 0 Å². The van der Waals surface area contributed by atoms with Crippen molar-refractivity contribution in [2.75, 3.05) is 26.2 Å². The van der Waals surface area contributed by atoms with Crippen LogP contribution < -0.4 is 0 Å². The summed E-state index contributed by atoms with van der Waals surface area (Å²) in [6.45, 7) is 5.95. The highest BCUT2D eigenvalue weighted by Crippen LogP contribution is 1.97. The molecule has 0 unspecified atom stereocenters. The van der Waals surface area contributed by atoms with Crippen molar-refractivity contribution in [2.45, 2.75) is 26.7 Å². The first kappa shape index (κ1) is 16.1. The van der Waals surface area contributed by atoms with Crippen LogP contribution >= 0.6 is 0 Å². The molecule has 2 amide bonds. The lowest BCUT2D eigenvalue weighted by atomic mass is 10.3. The molecule has 0 saturated heterocycles. The van der Waals surface area contributed by atoms with Gasteiger partial charge in [0, 0.05) is 26.2 Å². The molecule has 0 radical (unpaired) electrons. The Morgan fingerprint density at radius 2 is 1.17 bits per heavy atom. The van der Waals surface area contributed by atoms with Crippen LogP contribution in [-0.2, 0) is 9.59 Å². The van der Waals surface area contributed by atoms with Crippen molar-refractivity contribution in [3.8, 4) is 24.7 Å². The van der Waals surface area contributed by atoms with Crippen LogP contribution in [0.3, 0.4) is 0 Å². The topological polar surface area (TPSA) is 40.6 Å². The molecule has 4 nitrogen and oxygen atoms in total. The van der Waals surface area contributed by atoms with E-state index in [0.29, 0.717) is 26.2 Å². The van der Waals surface area contributed by atoms with E-state index in [9.17, 15) is 9.59 Å². The monoisotopic (exact) mass is 248 g/mol. The highest BCUT2D eigenvalue weighted by atomic mass is 16.2. The Bertz CT molecular complexity index is 327. The van der Waals surface area contributed by atoms with Crippen LogP contribution in [0.2, 0.25) is 0 Å². The van der Waals surface area contributed by atoms with Gasteiger partial charge in [-0.3, -0.25) is 9.59 Å². The maximum absolute atomic E-state index is 11.5. The van der Waals surface area contributed by atoms with Gasteiger partial charge in [0.2, 0.25) is 0 Å². The Kier molecular flexibility index (Phi) is 8.14. The van der Waals surface area contributed by atoms with E-state index >= 15 is 0 Å². The van der Waals surface area contributed by atoms with Crippen molar-refractivity contribution in [3.05, 3.63) is 0 Å². The van der Waals surface area contributed by atoms with Gasteiger partial charge in [-0.1, -0.05) is 13.8 Å². The van der Waals surface area contributed by atoms with Crippen molar-refractivity contribution in [3.63, 3.8) is 0 Å². The maximum Gasteiger partial charge on any atom is 0.298 e. The van der Waals surface area contributed by atoms with Crippen molar-refractivity contribution in [2.24, 2.45) is 0 Å². The first-order valence-corrected chi connectivity index (χ1v) is 6.11. The minimum Gasteiger partial charge on any atom is -0.330 e. The summed E-state index contributed by atoms with van der Waals surface area (Å²) >= 11 is 0. The van der Waals surface area contributed by atoms with Crippen LogP contribution in [0.1, 0.15) is 26.7 Å². The second kappa shape index (κ2) is 9.13. The number of hydrogen-bond acceptors (Lipinski definition) is 2. The fourth-order valence-electron chi connectivity index (χ4n) is 1.59. The summed E-state index contributed by atoms with van der Waals surface area (Å²) in [5, 5.41) is 0. The van der Waals surface area contributed by atoms with Gasteiger partial charge >= 0.3 is 0 Å². The van der Waals surface area contributed by atoms with Gasteiger partial charge in [0.1, 0.15) is 0 Å². The predicted molar refractivity (Wildman–Crippen MR) is 71.4 cm³/mol. The molecule has 0 fully saturated rings. The quantitative estimate of drug-likeness (QED) is 0.623. The Balaban J connectivity index is 4.47. The number of nitrogens with zero attached hydrogens (tertiary/aromatic N) is 2. The van der Waals surface area contributed by atoms with Gasteiger partial charge in [-0.15, -0.1) is 12.8 Å². The van der Waals surface area contributed by atoms with Gasteiger partial charge in [0.25, 0.3) is 11.8 Å². The third-order valence-corrected chi connectivity index (χ3v) is 2.45. The lowest BCUT2D eigenvalue weighted by Crippen LogP contribution is -2.41. The summed E-state index contributed by atoms with van der Waals surface area (Å²) in [6, 6.07) is 0. The van der Waals surface area contributed by atoms with E-state index in [1.807, 2.05) is 13.8 Å². The van der Waals surface area contributed by atoms with Crippen LogP contribution in [-0.4, -0.2) is 47.8 Å². The van der Waals surface area contributed by atoms with E-state index in [1.165, 1.54) is 0 Å². The summed E-state index contributed by atoms with van der Waals surface area (Å²) in [5.74, 6) is 3.49. The summed E-state index contributed by atoms with van der Waals surface area (Å²) < 4.78 is 0. The van der Waals surface area contributed by atoms with Gasteiger partial charge in [-0.2, -0.15) is 0 Å². The summed E-state index contributed by atoms with van der Waals surface area (Å²) in [6.07, 6.45) is 11.8. The van der Waals surface area contributed by atoms with E-state index in [1.54, 1.807) is 9.80 Å². The molecule has 0 rings (SSSR count). The number of amides is 2. The largest absolute Gasteiger partial charge is 0.330 e.